The summed E-state index contributed by atoms with van der Waals surface area (Å²) < 4.78 is 2.12. The van der Waals surface area contributed by atoms with Crippen LogP contribution in [0.2, 0.25) is 0 Å². The molecule has 3 aromatic rings. The van der Waals surface area contributed by atoms with E-state index in [1.165, 1.54) is 0 Å². The molecular weight excluding hydrogens is 274 g/mol. The van der Waals surface area contributed by atoms with Crippen molar-refractivity contribution in [1.82, 2.24) is 14.5 Å². The van der Waals surface area contributed by atoms with Crippen LogP contribution in [0.3, 0.4) is 0 Å². The molecule has 1 N–H and O–H groups in total. The number of hydrogen-bond acceptors (Lipinski definition) is 4. The molecule has 0 saturated carbocycles. The molecule has 5 nitrogen and oxygen atoms in total. The number of benzene rings is 1. The third-order valence-corrected chi connectivity index (χ3v) is 3.95. The lowest BCUT2D eigenvalue weighted by atomic mass is 10.2. The first-order valence-corrected chi connectivity index (χ1v) is 7.17. The Morgan fingerprint density at radius 1 is 1.45 bits per heavy atom. The number of carbonyl (C=O) groups is 1. The molecule has 20 heavy (non-hydrogen) atoms. The molecule has 0 atom stereocenters. The molecule has 6 heteroatoms. The largest absolute Gasteiger partial charge is 0.478 e. The molecule has 0 aliphatic carbocycles. The summed E-state index contributed by atoms with van der Waals surface area (Å²) in [4.78, 5) is 20.8. The van der Waals surface area contributed by atoms with E-state index in [0.29, 0.717) is 0 Å². The number of nitrogens with zero attached hydrogens (tertiary/aromatic N) is 3. The topological polar surface area (TPSA) is 68.0 Å². The summed E-state index contributed by atoms with van der Waals surface area (Å²) >= 11 is 1.60. The van der Waals surface area contributed by atoms with E-state index in [2.05, 4.69) is 14.5 Å². The summed E-state index contributed by atoms with van der Waals surface area (Å²) in [5, 5.41) is 9.04. The maximum Gasteiger partial charge on any atom is 0.335 e. The summed E-state index contributed by atoms with van der Waals surface area (Å²) in [5.41, 5.74) is 3.76. The highest BCUT2D eigenvalue weighted by Gasteiger charge is 2.12. The fourth-order valence-corrected chi connectivity index (χ4v) is 2.82. The summed E-state index contributed by atoms with van der Waals surface area (Å²) in [7, 11) is 0. The first-order chi connectivity index (χ1) is 9.69. The molecule has 0 unspecified atom stereocenters. The van der Waals surface area contributed by atoms with Crippen molar-refractivity contribution in [1.29, 1.82) is 0 Å². The SMILES string of the molecule is CCc1nc2cc(C(=O)O)ccc2n1Cc1cncs1. The molecule has 2 aromatic heterocycles. The monoisotopic (exact) mass is 287 g/mol. The Labute approximate surface area is 119 Å². The molecular formula is C14H13N3O2S. The van der Waals surface area contributed by atoms with Crippen LogP contribution in [0.5, 0.6) is 0 Å². The van der Waals surface area contributed by atoms with Gasteiger partial charge in [-0.05, 0) is 18.2 Å². The standard InChI is InChI=1S/C14H13N3O2S/c1-2-13-16-11-5-9(14(18)19)3-4-12(11)17(13)7-10-6-15-8-20-10/h3-6,8H,2,7H2,1H3,(H,18,19). The van der Waals surface area contributed by atoms with E-state index in [0.717, 1.165) is 34.7 Å². The Bertz CT molecular complexity index is 762. The molecule has 0 fully saturated rings. The van der Waals surface area contributed by atoms with Crippen molar-refractivity contribution in [3.8, 4) is 0 Å². The van der Waals surface area contributed by atoms with Crippen LogP contribution in [-0.2, 0) is 13.0 Å². The Morgan fingerprint density at radius 3 is 2.95 bits per heavy atom. The highest BCUT2D eigenvalue weighted by Crippen LogP contribution is 2.21. The van der Waals surface area contributed by atoms with E-state index >= 15 is 0 Å². The second kappa shape index (κ2) is 5.05. The minimum atomic E-state index is -0.929. The molecule has 2 heterocycles. The second-order valence-corrected chi connectivity index (χ2v) is 5.42. The van der Waals surface area contributed by atoms with Crippen LogP contribution in [0.4, 0.5) is 0 Å². The first-order valence-electron chi connectivity index (χ1n) is 6.29. The molecule has 3 rings (SSSR count). The molecule has 0 amide bonds. The quantitative estimate of drug-likeness (QED) is 0.801. The lowest BCUT2D eigenvalue weighted by Crippen LogP contribution is -2.03. The number of rotatable bonds is 4. The predicted molar refractivity (Wildman–Crippen MR) is 77.3 cm³/mol. The molecule has 0 aliphatic heterocycles. The fourth-order valence-electron chi connectivity index (χ4n) is 2.24. The normalized spacial score (nSPS) is 11.1. The van der Waals surface area contributed by atoms with Gasteiger partial charge in [-0.2, -0.15) is 0 Å². The van der Waals surface area contributed by atoms with E-state index in [9.17, 15) is 4.79 Å². The molecule has 0 spiro atoms. The van der Waals surface area contributed by atoms with Crippen molar-refractivity contribution >= 4 is 28.3 Å². The molecule has 1 aromatic carbocycles. The highest BCUT2D eigenvalue weighted by atomic mass is 32.1. The van der Waals surface area contributed by atoms with Gasteiger partial charge < -0.3 is 9.67 Å². The van der Waals surface area contributed by atoms with Crippen LogP contribution in [0, 0.1) is 0 Å². The van der Waals surface area contributed by atoms with Crippen LogP contribution in [-0.4, -0.2) is 25.6 Å². The zero-order chi connectivity index (χ0) is 14.1. The number of carboxylic acids is 1. The van der Waals surface area contributed by atoms with Crippen molar-refractivity contribution in [2.45, 2.75) is 19.9 Å². The van der Waals surface area contributed by atoms with Gasteiger partial charge in [-0.3, -0.25) is 4.98 Å². The van der Waals surface area contributed by atoms with Gasteiger partial charge in [0.25, 0.3) is 0 Å². The predicted octanol–water partition coefficient (Wildman–Crippen LogP) is 2.80. The number of thiazole rings is 1. The van der Waals surface area contributed by atoms with Gasteiger partial charge in [0.1, 0.15) is 5.82 Å². The van der Waals surface area contributed by atoms with E-state index < -0.39 is 5.97 Å². The van der Waals surface area contributed by atoms with Gasteiger partial charge in [-0.1, -0.05) is 6.92 Å². The molecule has 0 aliphatic rings. The fraction of sp³-hybridized carbons (Fsp3) is 0.214. The third kappa shape index (κ3) is 2.18. The maximum atomic E-state index is 11.0. The Morgan fingerprint density at radius 2 is 2.30 bits per heavy atom. The lowest BCUT2D eigenvalue weighted by Gasteiger charge is -2.06. The first kappa shape index (κ1) is 12.8. The maximum absolute atomic E-state index is 11.0. The summed E-state index contributed by atoms with van der Waals surface area (Å²) in [5.74, 6) is 0.0258. The third-order valence-electron chi connectivity index (χ3n) is 3.19. The van der Waals surface area contributed by atoms with Crippen LogP contribution in [0.15, 0.2) is 29.9 Å². The van der Waals surface area contributed by atoms with Crippen LogP contribution in [0.1, 0.15) is 28.0 Å². The zero-order valence-corrected chi connectivity index (χ0v) is 11.7. The van der Waals surface area contributed by atoms with Gasteiger partial charge in [0, 0.05) is 17.5 Å². The van der Waals surface area contributed by atoms with Gasteiger partial charge in [0.05, 0.1) is 28.7 Å². The number of fused-ring (bicyclic) bond motifs is 1. The van der Waals surface area contributed by atoms with E-state index in [1.807, 2.05) is 24.7 Å². The summed E-state index contributed by atoms with van der Waals surface area (Å²) in [6.45, 7) is 2.76. The van der Waals surface area contributed by atoms with E-state index in [4.69, 9.17) is 5.11 Å². The average Bonchev–Trinajstić information content (AvgIpc) is 3.06. The molecule has 0 radical (unpaired) electrons. The van der Waals surface area contributed by atoms with Crippen molar-refractivity contribution in [2.75, 3.05) is 0 Å². The van der Waals surface area contributed by atoms with Gasteiger partial charge >= 0.3 is 5.97 Å². The lowest BCUT2D eigenvalue weighted by molar-refractivity contribution is 0.0697. The average molecular weight is 287 g/mol. The minimum absolute atomic E-state index is 0.266. The number of carboxylic acid groups (broad SMARTS) is 1. The Hall–Kier alpha value is -2.21. The van der Waals surface area contributed by atoms with Crippen molar-refractivity contribution in [3.05, 3.63) is 46.2 Å². The smallest absolute Gasteiger partial charge is 0.335 e. The van der Waals surface area contributed by atoms with E-state index in [1.54, 1.807) is 23.5 Å². The number of aromatic carboxylic acids is 1. The van der Waals surface area contributed by atoms with Crippen LogP contribution >= 0.6 is 11.3 Å². The van der Waals surface area contributed by atoms with Gasteiger partial charge in [-0.25, -0.2) is 9.78 Å². The number of imidazole rings is 1. The van der Waals surface area contributed by atoms with Crippen molar-refractivity contribution in [3.63, 3.8) is 0 Å². The van der Waals surface area contributed by atoms with E-state index in [-0.39, 0.29) is 5.56 Å². The number of hydrogen-bond donors (Lipinski definition) is 1. The molecule has 102 valence electrons. The molecule has 0 saturated heterocycles. The van der Waals surface area contributed by atoms with Gasteiger partial charge in [0.15, 0.2) is 0 Å². The molecule has 0 bridgehead atoms. The van der Waals surface area contributed by atoms with Gasteiger partial charge in [0.2, 0.25) is 0 Å². The summed E-state index contributed by atoms with van der Waals surface area (Å²) in [6.07, 6.45) is 2.65. The highest BCUT2D eigenvalue weighted by molar-refractivity contribution is 7.09. The minimum Gasteiger partial charge on any atom is -0.478 e. The van der Waals surface area contributed by atoms with Crippen LogP contribution in [0.25, 0.3) is 11.0 Å². The Kier molecular flexibility index (Phi) is 3.23. The van der Waals surface area contributed by atoms with Crippen LogP contribution < -0.4 is 0 Å². The second-order valence-electron chi connectivity index (χ2n) is 4.44. The summed E-state index contributed by atoms with van der Waals surface area (Å²) in [6, 6.07) is 5.07. The van der Waals surface area contributed by atoms with Crippen molar-refractivity contribution in [2.24, 2.45) is 0 Å². The van der Waals surface area contributed by atoms with Gasteiger partial charge in [-0.15, -0.1) is 11.3 Å². The zero-order valence-electron chi connectivity index (χ0n) is 10.9. The number of aryl methyl sites for hydroxylation is 1. The Balaban J connectivity index is 2.12. The number of aromatic nitrogens is 3. The van der Waals surface area contributed by atoms with Crippen molar-refractivity contribution < 1.29 is 9.90 Å².